The van der Waals surface area contributed by atoms with Crippen LogP contribution in [0.5, 0.6) is 0 Å². The fourth-order valence-corrected chi connectivity index (χ4v) is 4.48. The minimum absolute atomic E-state index is 0.0968. The molecule has 1 fully saturated rings. The second-order valence-electron chi connectivity index (χ2n) is 6.35. The molecule has 7 nitrogen and oxygen atoms in total. The maximum Gasteiger partial charge on any atom is 0.243 e. The van der Waals surface area contributed by atoms with E-state index in [4.69, 9.17) is 5.26 Å². The number of benzene rings is 2. The van der Waals surface area contributed by atoms with Crippen molar-refractivity contribution in [1.82, 2.24) is 4.31 Å². The quantitative estimate of drug-likeness (QED) is 0.773. The highest BCUT2D eigenvalue weighted by Crippen LogP contribution is 2.23. The number of nitrogens with zero attached hydrogens (tertiary/aromatic N) is 2. The first kappa shape index (κ1) is 19.8. The summed E-state index contributed by atoms with van der Waals surface area (Å²) < 4.78 is 40.5. The van der Waals surface area contributed by atoms with Gasteiger partial charge in [-0.2, -0.15) is 9.57 Å². The van der Waals surface area contributed by atoms with E-state index in [1.165, 1.54) is 28.6 Å². The van der Waals surface area contributed by atoms with Crippen molar-refractivity contribution in [3.05, 3.63) is 53.8 Å². The van der Waals surface area contributed by atoms with Crippen molar-refractivity contribution < 1.29 is 17.6 Å². The third-order valence-electron chi connectivity index (χ3n) is 4.36. The lowest BCUT2D eigenvalue weighted by Crippen LogP contribution is -2.28. The Morgan fingerprint density at radius 2 is 1.93 bits per heavy atom. The molecular formula is C19H19FN4O3S. The van der Waals surface area contributed by atoms with Crippen molar-refractivity contribution in [2.24, 2.45) is 0 Å². The third-order valence-corrected chi connectivity index (χ3v) is 6.25. The van der Waals surface area contributed by atoms with Crippen LogP contribution in [0.4, 0.5) is 15.8 Å². The second-order valence-corrected chi connectivity index (χ2v) is 8.29. The van der Waals surface area contributed by atoms with E-state index in [0.29, 0.717) is 18.8 Å². The van der Waals surface area contributed by atoms with E-state index in [1.807, 2.05) is 6.07 Å². The van der Waals surface area contributed by atoms with E-state index in [-0.39, 0.29) is 22.7 Å². The summed E-state index contributed by atoms with van der Waals surface area (Å²) in [6.45, 7) is 0.782. The Bertz CT molecular complexity index is 1030. The first-order valence-electron chi connectivity index (χ1n) is 8.74. The van der Waals surface area contributed by atoms with E-state index in [2.05, 4.69) is 10.6 Å². The average molecular weight is 402 g/mol. The minimum Gasteiger partial charge on any atom is -0.374 e. The minimum atomic E-state index is -3.57. The number of hydrogen-bond acceptors (Lipinski definition) is 5. The van der Waals surface area contributed by atoms with Gasteiger partial charge in [0.1, 0.15) is 5.82 Å². The smallest absolute Gasteiger partial charge is 0.243 e. The molecule has 2 aromatic rings. The van der Waals surface area contributed by atoms with Crippen LogP contribution in [-0.2, 0) is 14.8 Å². The number of carbonyl (C=O) groups excluding carboxylic acids is 1. The number of amides is 1. The van der Waals surface area contributed by atoms with Crippen molar-refractivity contribution in [2.45, 2.75) is 17.7 Å². The topological polar surface area (TPSA) is 102 Å². The normalized spacial score (nSPS) is 14.4. The fourth-order valence-electron chi connectivity index (χ4n) is 2.92. The lowest BCUT2D eigenvalue weighted by Gasteiger charge is -2.16. The van der Waals surface area contributed by atoms with Crippen LogP contribution >= 0.6 is 0 Å². The van der Waals surface area contributed by atoms with Gasteiger partial charge in [0.25, 0.3) is 0 Å². The zero-order valence-electron chi connectivity index (χ0n) is 15.0. The van der Waals surface area contributed by atoms with Crippen molar-refractivity contribution >= 4 is 27.3 Å². The molecule has 28 heavy (non-hydrogen) atoms. The van der Waals surface area contributed by atoms with Crippen LogP contribution in [0.1, 0.15) is 18.4 Å². The van der Waals surface area contributed by atoms with Crippen LogP contribution in [0.15, 0.2) is 47.4 Å². The van der Waals surface area contributed by atoms with E-state index in [0.717, 1.165) is 18.9 Å². The molecule has 9 heteroatoms. The zero-order chi connectivity index (χ0) is 20.1. The summed E-state index contributed by atoms with van der Waals surface area (Å²) in [5.74, 6) is -1.09. The van der Waals surface area contributed by atoms with Crippen molar-refractivity contribution in [3.8, 4) is 6.07 Å². The van der Waals surface area contributed by atoms with Crippen LogP contribution in [0.2, 0.25) is 0 Å². The van der Waals surface area contributed by atoms with Gasteiger partial charge in [0, 0.05) is 18.8 Å². The molecule has 0 aliphatic carbocycles. The van der Waals surface area contributed by atoms with E-state index in [9.17, 15) is 17.6 Å². The Balaban J connectivity index is 1.64. The zero-order valence-corrected chi connectivity index (χ0v) is 15.8. The number of hydrogen-bond donors (Lipinski definition) is 2. The molecule has 0 saturated carbocycles. The third kappa shape index (κ3) is 4.47. The molecule has 2 aromatic carbocycles. The number of halogens is 1. The lowest BCUT2D eigenvalue weighted by molar-refractivity contribution is -0.114. The molecule has 1 amide bonds. The Labute approximate surface area is 162 Å². The van der Waals surface area contributed by atoms with E-state index >= 15 is 0 Å². The summed E-state index contributed by atoms with van der Waals surface area (Å²) in [5, 5.41) is 14.0. The highest BCUT2D eigenvalue weighted by atomic mass is 32.2. The number of nitriles is 1. The predicted octanol–water partition coefficient (Wildman–Crippen LogP) is 2.53. The van der Waals surface area contributed by atoms with Gasteiger partial charge in [-0.05, 0) is 49.2 Å². The second kappa shape index (κ2) is 8.37. The van der Waals surface area contributed by atoms with Gasteiger partial charge >= 0.3 is 0 Å². The molecule has 2 N–H and O–H groups in total. The SMILES string of the molecule is N#Cc1ccc(NCC(=O)Nc2cccc(S(=O)(=O)N3CCCC3)c2)c(F)c1. The maximum absolute atomic E-state index is 13.8. The number of nitrogens with one attached hydrogen (secondary N) is 2. The molecule has 0 aromatic heterocycles. The van der Waals surface area contributed by atoms with Crippen molar-refractivity contribution in [2.75, 3.05) is 30.3 Å². The molecular weight excluding hydrogens is 383 g/mol. The molecule has 0 atom stereocenters. The highest BCUT2D eigenvalue weighted by Gasteiger charge is 2.27. The van der Waals surface area contributed by atoms with Crippen LogP contribution < -0.4 is 10.6 Å². The van der Waals surface area contributed by atoms with Gasteiger partial charge in [-0.3, -0.25) is 4.79 Å². The predicted molar refractivity (Wildman–Crippen MR) is 103 cm³/mol. The van der Waals surface area contributed by atoms with Gasteiger partial charge in [-0.1, -0.05) is 6.07 Å². The van der Waals surface area contributed by atoms with Gasteiger partial charge in [-0.25, -0.2) is 12.8 Å². The Kier molecular flexibility index (Phi) is 5.92. The van der Waals surface area contributed by atoms with Crippen molar-refractivity contribution in [1.29, 1.82) is 5.26 Å². The van der Waals surface area contributed by atoms with E-state index in [1.54, 1.807) is 12.1 Å². The molecule has 1 aliphatic rings. The number of rotatable bonds is 6. The first-order valence-corrected chi connectivity index (χ1v) is 10.2. The molecule has 0 radical (unpaired) electrons. The molecule has 0 bridgehead atoms. The fraction of sp³-hybridized carbons (Fsp3) is 0.263. The van der Waals surface area contributed by atoms with Crippen LogP contribution in [0, 0.1) is 17.1 Å². The van der Waals surface area contributed by atoms with Crippen LogP contribution in [-0.4, -0.2) is 38.3 Å². The molecule has 0 spiro atoms. The van der Waals surface area contributed by atoms with Crippen molar-refractivity contribution in [3.63, 3.8) is 0 Å². The number of carbonyl (C=O) groups is 1. The largest absolute Gasteiger partial charge is 0.374 e. The lowest BCUT2D eigenvalue weighted by atomic mass is 10.2. The van der Waals surface area contributed by atoms with Gasteiger partial charge in [0.15, 0.2) is 0 Å². The summed E-state index contributed by atoms with van der Waals surface area (Å²) in [7, 11) is -3.57. The monoisotopic (exact) mass is 402 g/mol. The van der Waals surface area contributed by atoms with Crippen LogP contribution in [0.25, 0.3) is 0 Å². The summed E-state index contributed by atoms with van der Waals surface area (Å²) in [6.07, 6.45) is 1.68. The first-order chi connectivity index (χ1) is 13.4. The van der Waals surface area contributed by atoms with Gasteiger partial charge in [0.2, 0.25) is 15.9 Å². The molecule has 1 aliphatic heterocycles. The average Bonchev–Trinajstić information content (AvgIpc) is 3.23. The van der Waals surface area contributed by atoms with Crippen LogP contribution in [0.3, 0.4) is 0 Å². The van der Waals surface area contributed by atoms with E-state index < -0.39 is 21.7 Å². The maximum atomic E-state index is 13.8. The Morgan fingerprint density at radius 1 is 1.18 bits per heavy atom. The van der Waals surface area contributed by atoms with Gasteiger partial charge in [-0.15, -0.1) is 0 Å². The van der Waals surface area contributed by atoms with Gasteiger partial charge < -0.3 is 10.6 Å². The number of anilines is 2. The molecule has 1 heterocycles. The Morgan fingerprint density at radius 3 is 2.61 bits per heavy atom. The standard InChI is InChI=1S/C19H19FN4O3S/c20-17-10-14(12-21)6-7-18(17)22-13-19(25)23-15-4-3-5-16(11-15)28(26,27)24-8-1-2-9-24/h3-7,10-11,22H,1-2,8-9,13H2,(H,23,25). The molecule has 1 saturated heterocycles. The summed E-state index contributed by atoms with van der Waals surface area (Å²) >= 11 is 0. The number of sulfonamides is 1. The highest BCUT2D eigenvalue weighted by molar-refractivity contribution is 7.89. The Hall–Kier alpha value is -2.96. The summed E-state index contributed by atoms with van der Waals surface area (Å²) in [4.78, 5) is 12.3. The molecule has 0 unspecified atom stereocenters. The summed E-state index contributed by atoms with van der Waals surface area (Å²) in [5.41, 5.74) is 0.621. The molecule has 146 valence electrons. The summed E-state index contributed by atoms with van der Waals surface area (Å²) in [6, 6.07) is 11.8. The van der Waals surface area contributed by atoms with Gasteiger partial charge in [0.05, 0.1) is 28.8 Å². The molecule has 3 rings (SSSR count).